The monoisotopic (exact) mass is 252 g/mol. The number of hydrazine groups is 1. The minimum absolute atomic E-state index is 0.0105. The number of amides is 1. The van der Waals surface area contributed by atoms with Gasteiger partial charge in [0.2, 0.25) is 5.91 Å². The Morgan fingerprint density at radius 3 is 2.56 bits per heavy atom. The number of nitrogens with one attached hydrogen (secondary N) is 1. The number of para-hydroxylation sites is 2. The third kappa shape index (κ3) is 5.05. The van der Waals surface area contributed by atoms with Crippen molar-refractivity contribution in [2.45, 2.75) is 12.8 Å². The number of carbonyl (C=O) groups excluding carboxylic acids is 1. The van der Waals surface area contributed by atoms with Gasteiger partial charge in [-0.3, -0.25) is 10.2 Å². The summed E-state index contributed by atoms with van der Waals surface area (Å²) in [4.78, 5) is 11.4. The second-order valence-corrected chi connectivity index (χ2v) is 4.03. The summed E-state index contributed by atoms with van der Waals surface area (Å²) in [6.07, 6.45) is 1.10. The Kier molecular flexibility index (Phi) is 6.00. The van der Waals surface area contributed by atoms with Gasteiger partial charge in [-0.1, -0.05) is 12.1 Å². The van der Waals surface area contributed by atoms with Crippen molar-refractivity contribution in [1.82, 2.24) is 10.4 Å². The number of hydrogen-bond donors (Lipinski definition) is 1. The molecule has 18 heavy (non-hydrogen) atoms. The summed E-state index contributed by atoms with van der Waals surface area (Å²) in [5.41, 5.74) is 2.68. The molecule has 0 aliphatic carbocycles. The molecular formula is C13H20N2O3. The molecule has 5 nitrogen and oxygen atoms in total. The molecule has 0 saturated carbocycles. The standard InChI is InChI=1S/C13H20N2O3/c1-15(2)14-13(16)9-6-10-18-12-8-5-4-7-11(12)17-3/h4-5,7-8H,6,9-10H2,1-3H3,(H,14,16). The van der Waals surface area contributed by atoms with Crippen molar-refractivity contribution in [3.05, 3.63) is 24.3 Å². The van der Waals surface area contributed by atoms with Gasteiger partial charge < -0.3 is 9.47 Å². The molecule has 0 atom stereocenters. The third-order valence-electron chi connectivity index (χ3n) is 2.22. The maximum Gasteiger partial charge on any atom is 0.234 e. The first-order chi connectivity index (χ1) is 8.63. The van der Waals surface area contributed by atoms with E-state index in [1.165, 1.54) is 0 Å². The molecule has 1 aromatic rings. The molecule has 0 fully saturated rings. The molecule has 0 aliphatic heterocycles. The zero-order valence-corrected chi connectivity index (χ0v) is 11.1. The SMILES string of the molecule is COc1ccccc1OCCCC(=O)NN(C)C. The molecule has 0 saturated heterocycles. The van der Waals surface area contributed by atoms with E-state index in [0.717, 1.165) is 0 Å². The minimum atomic E-state index is -0.0105. The average molecular weight is 252 g/mol. The van der Waals surface area contributed by atoms with E-state index in [0.29, 0.717) is 30.9 Å². The van der Waals surface area contributed by atoms with Crippen LogP contribution >= 0.6 is 0 Å². The van der Waals surface area contributed by atoms with Crippen LogP contribution in [0.2, 0.25) is 0 Å². The van der Waals surface area contributed by atoms with Crippen LogP contribution in [0.4, 0.5) is 0 Å². The second kappa shape index (κ2) is 7.55. The zero-order valence-electron chi connectivity index (χ0n) is 11.1. The van der Waals surface area contributed by atoms with Gasteiger partial charge in [0, 0.05) is 20.5 Å². The molecule has 0 aromatic heterocycles. The van der Waals surface area contributed by atoms with Crippen LogP contribution in [-0.2, 0) is 4.79 Å². The van der Waals surface area contributed by atoms with Gasteiger partial charge in [0.05, 0.1) is 13.7 Å². The Bertz CT molecular complexity index is 380. The Morgan fingerprint density at radius 1 is 1.28 bits per heavy atom. The smallest absolute Gasteiger partial charge is 0.234 e. The van der Waals surface area contributed by atoms with Gasteiger partial charge in [-0.05, 0) is 18.6 Å². The molecule has 0 spiro atoms. The van der Waals surface area contributed by atoms with Crippen molar-refractivity contribution in [3.8, 4) is 11.5 Å². The molecular weight excluding hydrogens is 232 g/mol. The maximum absolute atomic E-state index is 11.4. The van der Waals surface area contributed by atoms with Gasteiger partial charge in [0.25, 0.3) is 0 Å². The topological polar surface area (TPSA) is 50.8 Å². The highest BCUT2D eigenvalue weighted by molar-refractivity contribution is 5.75. The summed E-state index contributed by atoms with van der Waals surface area (Å²) < 4.78 is 10.7. The quantitative estimate of drug-likeness (QED) is 0.589. The Labute approximate surface area is 108 Å². The van der Waals surface area contributed by atoms with E-state index in [2.05, 4.69) is 5.43 Å². The van der Waals surface area contributed by atoms with E-state index in [1.54, 1.807) is 26.2 Å². The largest absolute Gasteiger partial charge is 0.493 e. The molecule has 0 unspecified atom stereocenters. The summed E-state index contributed by atoms with van der Waals surface area (Å²) >= 11 is 0. The van der Waals surface area contributed by atoms with E-state index in [1.807, 2.05) is 24.3 Å². The lowest BCUT2D eigenvalue weighted by Crippen LogP contribution is -2.36. The number of nitrogens with zero attached hydrogens (tertiary/aromatic N) is 1. The number of ether oxygens (including phenoxy) is 2. The number of hydrogen-bond acceptors (Lipinski definition) is 4. The third-order valence-corrected chi connectivity index (χ3v) is 2.22. The molecule has 1 amide bonds. The highest BCUT2D eigenvalue weighted by Gasteiger charge is 2.04. The fourth-order valence-electron chi connectivity index (χ4n) is 1.46. The summed E-state index contributed by atoms with van der Waals surface area (Å²) in [6.45, 7) is 0.487. The first kappa shape index (κ1) is 14.3. The lowest BCUT2D eigenvalue weighted by molar-refractivity contribution is -0.125. The summed E-state index contributed by atoms with van der Waals surface area (Å²) in [5.74, 6) is 1.40. The van der Waals surface area contributed by atoms with Crippen LogP contribution in [0, 0.1) is 0 Å². The predicted molar refractivity (Wildman–Crippen MR) is 69.6 cm³/mol. The molecule has 0 aliphatic rings. The van der Waals surface area contributed by atoms with Crippen LogP contribution in [-0.4, -0.2) is 38.7 Å². The van der Waals surface area contributed by atoms with Crippen molar-refractivity contribution in [3.63, 3.8) is 0 Å². The van der Waals surface area contributed by atoms with E-state index < -0.39 is 0 Å². The Hall–Kier alpha value is -1.75. The van der Waals surface area contributed by atoms with E-state index in [9.17, 15) is 4.79 Å². The van der Waals surface area contributed by atoms with E-state index in [-0.39, 0.29) is 5.91 Å². The maximum atomic E-state index is 11.4. The fraction of sp³-hybridized carbons (Fsp3) is 0.462. The molecule has 100 valence electrons. The molecule has 5 heteroatoms. The summed E-state index contributed by atoms with van der Waals surface area (Å²) in [7, 11) is 5.17. The van der Waals surface area contributed by atoms with Crippen LogP contribution in [0.1, 0.15) is 12.8 Å². The van der Waals surface area contributed by atoms with Crippen LogP contribution in [0.5, 0.6) is 11.5 Å². The second-order valence-electron chi connectivity index (χ2n) is 4.03. The average Bonchev–Trinajstić information content (AvgIpc) is 2.34. The number of methoxy groups -OCH3 is 1. The Balaban J connectivity index is 2.27. The molecule has 0 heterocycles. The van der Waals surface area contributed by atoms with Crippen LogP contribution in [0.25, 0.3) is 0 Å². The molecule has 1 N–H and O–H groups in total. The van der Waals surface area contributed by atoms with Crippen LogP contribution in [0.15, 0.2) is 24.3 Å². The van der Waals surface area contributed by atoms with E-state index in [4.69, 9.17) is 9.47 Å². The number of benzene rings is 1. The number of carbonyl (C=O) groups is 1. The summed E-state index contributed by atoms with van der Waals surface area (Å²) in [5, 5.41) is 1.63. The fourth-order valence-corrected chi connectivity index (χ4v) is 1.46. The number of rotatable bonds is 7. The van der Waals surface area contributed by atoms with Gasteiger partial charge in [-0.15, -0.1) is 0 Å². The van der Waals surface area contributed by atoms with Gasteiger partial charge in [-0.25, -0.2) is 5.01 Å². The van der Waals surface area contributed by atoms with Crippen molar-refractivity contribution in [1.29, 1.82) is 0 Å². The van der Waals surface area contributed by atoms with Gasteiger partial charge in [0.1, 0.15) is 0 Å². The molecule has 1 aromatic carbocycles. The first-order valence-electron chi connectivity index (χ1n) is 5.86. The van der Waals surface area contributed by atoms with Crippen molar-refractivity contribution in [2.24, 2.45) is 0 Å². The summed E-state index contributed by atoms with van der Waals surface area (Å²) in [6, 6.07) is 7.46. The van der Waals surface area contributed by atoms with Crippen molar-refractivity contribution in [2.75, 3.05) is 27.8 Å². The molecule has 1 rings (SSSR count). The van der Waals surface area contributed by atoms with Crippen LogP contribution in [0.3, 0.4) is 0 Å². The van der Waals surface area contributed by atoms with Crippen molar-refractivity contribution < 1.29 is 14.3 Å². The Morgan fingerprint density at radius 2 is 1.94 bits per heavy atom. The van der Waals surface area contributed by atoms with E-state index >= 15 is 0 Å². The highest BCUT2D eigenvalue weighted by atomic mass is 16.5. The normalized spacial score (nSPS) is 10.2. The van der Waals surface area contributed by atoms with Crippen molar-refractivity contribution >= 4 is 5.91 Å². The first-order valence-corrected chi connectivity index (χ1v) is 5.86. The van der Waals surface area contributed by atoms with Gasteiger partial charge >= 0.3 is 0 Å². The lowest BCUT2D eigenvalue weighted by Gasteiger charge is -2.12. The minimum Gasteiger partial charge on any atom is -0.493 e. The lowest BCUT2D eigenvalue weighted by atomic mass is 10.3. The van der Waals surface area contributed by atoms with Crippen LogP contribution < -0.4 is 14.9 Å². The predicted octanol–water partition coefficient (Wildman–Crippen LogP) is 1.45. The van der Waals surface area contributed by atoms with Gasteiger partial charge in [0.15, 0.2) is 11.5 Å². The zero-order chi connectivity index (χ0) is 13.4. The molecule has 0 radical (unpaired) electrons. The molecule has 0 bridgehead atoms. The van der Waals surface area contributed by atoms with Gasteiger partial charge in [-0.2, -0.15) is 0 Å². The highest BCUT2D eigenvalue weighted by Crippen LogP contribution is 2.25.